The van der Waals surface area contributed by atoms with Crippen LogP contribution in [0.25, 0.3) is 0 Å². The van der Waals surface area contributed by atoms with Crippen LogP contribution in [0.2, 0.25) is 0 Å². The summed E-state index contributed by atoms with van der Waals surface area (Å²) in [5.74, 6) is -0.0205. The summed E-state index contributed by atoms with van der Waals surface area (Å²) < 4.78 is 0. The minimum atomic E-state index is -0.640. The van der Waals surface area contributed by atoms with Gasteiger partial charge in [-0.2, -0.15) is 0 Å². The van der Waals surface area contributed by atoms with Gasteiger partial charge in [0.15, 0.2) is 5.13 Å². The van der Waals surface area contributed by atoms with Crippen LogP contribution in [0.15, 0.2) is 36.5 Å². The number of nitrogens with one attached hydrogen (secondary N) is 3. The SMILES string of the molecule is CC(NC(=O)c1ccccc1)C(=O)Nc1ncc(C2CCNCC2)s1. The lowest BCUT2D eigenvalue weighted by Crippen LogP contribution is -2.41. The molecule has 3 N–H and O–H groups in total. The van der Waals surface area contributed by atoms with E-state index >= 15 is 0 Å². The normalized spacial score (nSPS) is 16.2. The van der Waals surface area contributed by atoms with Crippen LogP contribution in [0.1, 0.15) is 40.9 Å². The van der Waals surface area contributed by atoms with Crippen molar-refractivity contribution in [3.05, 3.63) is 47.0 Å². The zero-order valence-electron chi connectivity index (χ0n) is 14.1. The highest BCUT2D eigenvalue weighted by molar-refractivity contribution is 7.15. The van der Waals surface area contributed by atoms with E-state index in [9.17, 15) is 9.59 Å². The Labute approximate surface area is 151 Å². The molecule has 1 aromatic carbocycles. The van der Waals surface area contributed by atoms with Crippen molar-refractivity contribution in [2.24, 2.45) is 0 Å². The van der Waals surface area contributed by atoms with Crippen molar-refractivity contribution < 1.29 is 9.59 Å². The van der Waals surface area contributed by atoms with Crippen molar-refractivity contribution in [3.8, 4) is 0 Å². The summed E-state index contributed by atoms with van der Waals surface area (Å²) >= 11 is 1.52. The van der Waals surface area contributed by atoms with E-state index in [-0.39, 0.29) is 11.8 Å². The molecule has 1 aliphatic heterocycles. The minimum Gasteiger partial charge on any atom is -0.341 e. The lowest BCUT2D eigenvalue weighted by Gasteiger charge is -2.20. The smallest absolute Gasteiger partial charge is 0.251 e. The van der Waals surface area contributed by atoms with E-state index < -0.39 is 6.04 Å². The number of piperidine rings is 1. The number of aromatic nitrogens is 1. The number of nitrogens with zero attached hydrogens (tertiary/aromatic N) is 1. The topological polar surface area (TPSA) is 83.1 Å². The number of thiazole rings is 1. The van der Waals surface area contributed by atoms with Gasteiger partial charge in [0.1, 0.15) is 6.04 Å². The van der Waals surface area contributed by atoms with Crippen molar-refractivity contribution in [3.63, 3.8) is 0 Å². The van der Waals surface area contributed by atoms with Crippen molar-refractivity contribution in [2.75, 3.05) is 18.4 Å². The Morgan fingerprint density at radius 3 is 2.68 bits per heavy atom. The molecule has 2 amide bonds. The lowest BCUT2D eigenvalue weighted by molar-refractivity contribution is -0.117. The van der Waals surface area contributed by atoms with Gasteiger partial charge in [-0.25, -0.2) is 4.98 Å². The van der Waals surface area contributed by atoms with E-state index in [0.717, 1.165) is 25.9 Å². The fourth-order valence-corrected chi connectivity index (χ4v) is 3.78. The summed E-state index contributed by atoms with van der Waals surface area (Å²) in [6.45, 7) is 3.71. The molecule has 1 unspecified atom stereocenters. The van der Waals surface area contributed by atoms with Crippen molar-refractivity contribution in [2.45, 2.75) is 31.7 Å². The second-order valence-electron chi connectivity index (χ2n) is 6.14. The molecule has 3 rings (SSSR count). The summed E-state index contributed by atoms with van der Waals surface area (Å²) in [6.07, 6.45) is 4.04. The summed E-state index contributed by atoms with van der Waals surface area (Å²) in [4.78, 5) is 29.9. The van der Waals surface area contributed by atoms with Crippen molar-refractivity contribution in [1.29, 1.82) is 0 Å². The predicted octanol–water partition coefficient (Wildman–Crippen LogP) is 2.37. The van der Waals surface area contributed by atoms with Crippen LogP contribution in [0.3, 0.4) is 0 Å². The van der Waals surface area contributed by atoms with Crippen molar-refractivity contribution in [1.82, 2.24) is 15.6 Å². The Bertz CT molecular complexity index is 726. The van der Waals surface area contributed by atoms with Gasteiger partial charge >= 0.3 is 0 Å². The number of carbonyl (C=O) groups excluding carboxylic acids is 2. The Hall–Kier alpha value is -2.25. The number of amides is 2. The largest absolute Gasteiger partial charge is 0.341 e. The molecule has 25 heavy (non-hydrogen) atoms. The monoisotopic (exact) mass is 358 g/mol. The summed E-state index contributed by atoms with van der Waals surface area (Å²) in [7, 11) is 0. The Morgan fingerprint density at radius 1 is 1.24 bits per heavy atom. The van der Waals surface area contributed by atoms with E-state index in [1.165, 1.54) is 16.2 Å². The van der Waals surface area contributed by atoms with Gasteiger partial charge in [0.2, 0.25) is 5.91 Å². The van der Waals surface area contributed by atoms with Crippen LogP contribution >= 0.6 is 11.3 Å². The molecule has 0 spiro atoms. The fraction of sp³-hybridized carbons (Fsp3) is 0.389. The first-order chi connectivity index (χ1) is 12.1. The number of benzene rings is 1. The first-order valence-electron chi connectivity index (χ1n) is 8.46. The van der Waals surface area contributed by atoms with Crippen LogP contribution in [0.5, 0.6) is 0 Å². The Balaban J connectivity index is 1.54. The molecule has 0 saturated carbocycles. The van der Waals surface area contributed by atoms with E-state index in [1.807, 2.05) is 12.3 Å². The van der Waals surface area contributed by atoms with E-state index in [1.54, 1.807) is 31.2 Å². The van der Waals surface area contributed by atoms with E-state index in [0.29, 0.717) is 16.6 Å². The summed E-state index contributed by atoms with van der Waals surface area (Å²) in [6, 6.07) is 8.21. The molecule has 1 aromatic heterocycles. The average molecular weight is 358 g/mol. The molecule has 1 saturated heterocycles. The standard InChI is InChI=1S/C18H22N4O2S/c1-12(21-17(24)14-5-3-2-4-6-14)16(23)22-18-20-11-15(25-18)13-7-9-19-10-8-13/h2-6,11-13,19H,7-10H2,1H3,(H,21,24)(H,20,22,23). The third-order valence-electron chi connectivity index (χ3n) is 4.27. The number of rotatable bonds is 5. The van der Waals surface area contributed by atoms with Crippen LogP contribution in [0, 0.1) is 0 Å². The zero-order chi connectivity index (χ0) is 17.6. The quantitative estimate of drug-likeness (QED) is 0.766. The van der Waals surface area contributed by atoms with Crippen LogP contribution in [0.4, 0.5) is 5.13 Å². The number of hydrogen-bond acceptors (Lipinski definition) is 5. The first-order valence-corrected chi connectivity index (χ1v) is 9.28. The van der Waals surface area contributed by atoms with Gasteiger partial charge in [-0.3, -0.25) is 9.59 Å². The van der Waals surface area contributed by atoms with E-state index in [2.05, 4.69) is 20.9 Å². The second-order valence-corrected chi connectivity index (χ2v) is 7.20. The molecule has 2 aromatic rings. The van der Waals surface area contributed by atoms with Crippen LogP contribution in [-0.2, 0) is 4.79 Å². The van der Waals surface area contributed by atoms with E-state index in [4.69, 9.17) is 0 Å². The van der Waals surface area contributed by atoms with Gasteiger partial charge in [-0.15, -0.1) is 11.3 Å². The van der Waals surface area contributed by atoms with Crippen LogP contribution < -0.4 is 16.0 Å². The lowest BCUT2D eigenvalue weighted by atomic mass is 9.97. The van der Waals surface area contributed by atoms with Crippen molar-refractivity contribution >= 4 is 28.3 Å². The number of carbonyl (C=O) groups is 2. The molecule has 0 bridgehead atoms. The number of hydrogen-bond donors (Lipinski definition) is 3. The number of anilines is 1. The first kappa shape index (κ1) is 17.6. The Morgan fingerprint density at radius 2 is 1.96 bits per heavy atom. The summed E-state index contributed by atoms with van der Waals surface area (Å²) in [5.41, 5.74) is 0.532. The van der Waals surface area contributed by atoms with Crippen LogP contribution in [-0.4, -0.2) is 35.9 Å². The van der Waals surface area contributed by atoms with Gasteiger partial charge in [0, 0.05) is 16.6 Å². The highest BCUT2D eigenvalue weighted by Crippen LogP contribution is 2.31. The highest BCUT2D eigenvalue weighted by atomic mass is 32.1. The third kappa shape index (κ3) is 4.64. The molecule has 0 aliphatic carbocycles. The van der Waals surface area contributed by atoms with Gasteiger partial charge in [-0.1, -0.05) is 18.2 Å². The average Bonchev–Trinajstić information content (AvgIpc) is 3.11. The molecule has 1 aliphatic rings. The van der Waals surface area contributed by atoms with Gasteiger partial charge < -0.3 is 16.0 Å². The minimum absolute atomic E-state index is 0.266. The molecule has 0 radical (unpaired) electrons. The molecule has 132 valence electrons. The molecule has 2 heterocycles. The molecular weight excluding hydrogens is 336 g/mol. The molecule has 7 heteroatoms. The van der Waals surface area contributed by atoms with Gasteiger partial charge in [0.25, 0.3) is 5.91 Å². The maximum absolute atomic E-state index is 12.3. The molecule has 1 atom stereocenters. The zero-order valence-corrected chi connectivity index (χ0v) is 14.9. The second kappa shape index (κ2) is 8.22. The van der Waals surface area contributed by atoms with Gasteiger partial charge in [0.05, 0.1) is 0 Å². The summed E-state index contributed by atoms with van der Waals surface area (Å²) in [5, 5.41) is 9.43. The predicted molar refractivity (Wildman–Crippen MR) is 99.0 cm³/mol. The maximum Gasteiger partial charge on any atom is 0.251 e. The maximum atomic E-state index is 12.3. The third-order valence-corrected chi connectivity index (χ3v) is 5.35. The highest BCUT2D eigenvalue weighted by Gasteiger charge is 2.20. The van der Waals surface area contributed by atoms with Gasteiger partial charge in [-0.05, 0) is 50.9 Å². The molecule has 6 nitrogen and oxygen atoms in total. The fourth-order valence-electron chi connectivity index (χ4n) is 2.79. The molecule has 1 fully saturated rings. The molecular formula is C18H22N4O2S. The Kier molecular flexibility index (Phi) is 5.78.